The Hall–Kier alpha value is -2.38. The maximum atomic E-state index is 12.4. The average molecular weight is 462 g/mol. The third kappa shape index (κ3) is 5.56. The number of benzene rings is 2. The summed E-state index contributed by atoms with van der Waals surface area (Å²) in [6, 6.07) is 18.1. The van der Waals surface area contributed by atoms with E-state index in [1.165, 1.54) is 0 Å². The summed E-state index contributed by atoms with van der Waals surface area (Å²) in [4.78, 5) is 13.0. The highest BCUT2D eigenvalue weighted by Gasteiger charge is 2.13. The van der Waals surface area contributed by atoms with Crippen LogP contribution in [0.1, 0.15) is 28.8 Å². The summed E-state index contributed by atoms with van der Waals surface area (Å²) in [5.74, 6) is 1.41. The molecule has 0 aliphatic carbocycles. The third-order valence-corrected chi connectivity index (χ3v) is 5.80. The zero-order valence-corrected chi connectivity index (χ0v) is 17.7. The number of furan rings is 1. The van der Waals surface area contributed by atoms with Crippen LogP contribution in [0.5, 0.6) is 5.75 Å². The van der Waals surface area contributed by atoms with Gasteiger partial charge in [0.2, 0.25) is 0 Å². The lowest BCUT2D eigenvalue weighted by Gasteiger charge is -2.06. The van der Waals surface area contributed by atoms with Crippen LogP contribution in [0.2, 0.25) is 0 Å². The monoisotopic (exact) mass is 461 g/mol. The summed E-state index contributed by atoms with van der Waals surface area (Å²) >= 11 is 3.35. The van der Waals surface area contributed by atoms with Crippen LogP contribution in [0.4, 0.5) is 0 Å². The van der Waals surface area contributed by atoms with Crippen molar-refractivity contribution < 1.29 is 18.2 Å². The molecule has 0 bridgehead atoms. The largest absolute Gasteiger partial charge is 0.494 e. The maximum absolute atomic E-state index is 12.4. The molecule has 2 aromatic carbocycles. The zero-order chi connectivity index (χ0) is 19.9. The van der Waals surface area contributed by atoms with Crippen LogP contribution in [0.3, 0.4) is 0 Å². The second kappa shape index (κ2) is 9.71. The summed E-state index contributed by atoms with van der Waals surface area (Å²) in [5, 5.41) is 2.82. The highest BCUT2D eigenvalue weighted by Crippen LogP contribution is 2.18. The number of nitrogens with one attached hydrogen (secondary N) is 1. The van der Waals surface area contributed by atoms with Crippen LogP contribution in [0.25, 0.3) is 0 Å². The van der Waals surface area contributed by atoms with E-state index in [0.29, 0.717) is 23.8 Å². The van der Waals surface area contributed by atoms with Crippen LogP contribution in [0.15, 0.2) is 74.4 Å². The van der Waals surface area contributed by atoms with E-state index in [0.717, 1.165) is 15.8 Å². The Kier molecular flexibility index (Phi) is 7.06. The minimum atomic E-state index is -1.24. The molecular weight excluding hydrogens is 442 g/mol. The lowest BCUT2D eigenvalue weighted by atomic mass is 10.2. The Balaban J connectivity index is 1.54. The van der Waals surface area contributed by atoms with Crippen molar-refractivity contribution >= 4 is 32.6 Å². The Labute approximate surface area is 174 Å². The second-order valence-corrected chi connectivity index (χ2v) is 8.34. The van der Waals surface area contributed by atoms with Crippen LogP contribution in [-0.4, -0.2) is 16.7 Å². The van der Waals surface area contributed by atoms with Crippen molar-refractivity contribution in [3.05, 3.63) is 82.2 Å². The smallest absolute Gasteiger partial charge is 0.287 e. The first-order valence-corrected chi connectivity index (χ1v) is 10.9. The van der Waals surface area contributed by atoms with Crippen molar-refractivity contribution in [1.29, 1.82) is 0 Å². The first kappa shape index (κ1) is 20.4. The fourth-order valence-electron chi connectivity index (χ4n) is 2.52. The molecule has 7 heteroatoms. The number of halogens is 1. The normalized spacial score (nSPS) is 11.8. The third-order valence-electron chi connectivity index (χ3n) is 3.92. The number of carbonyl (C=O) groups excluding carboxylic acids is 1. The van der Waals surface area contributed by atoms with E-state index in [1.54, 1.807) is 24.3 Å². The molecule has 1 N–H and O–H groups in total. The Morgan fingerprint density at radius 2 is 1.79 bits per heavy atom. The number of amides is 1. The van der Waals surface area contributed by atoms with Gasteiger partial charge in [-0.05, 0) is 61.0 Å². The molecule has 1 heterocycles. The molecule has 0 fully saturated rings. The zero-order valence-electron chi connectivity index (χ0n) is 15.3. The van der Waals surface area contributed by atoms with Crippen molar-refractivity contribution in [3.8, 4) is 5.75 Å². The van der Waals surface area contributed by atoms with E-state index in [4.69, 9.17) is 9.15 Å². The first-order valence-electron chi connectivity index (χ1n) is 8.77. The minimum absolute atomic E-state index is 0.203. The van der Waals surface area contributed by atoms with Crippen LogP contribution >= 0.6 is 15.9 Å². The molecule has 146 valence electrons. The SMILES string of the molecule is CCOc1ccc(CNC(=O)c2ccc(C[S@@](=O)c3ccc(Br)cc3)o2)cc1. The molecule has 0 unspecified atom stereocenters. The molecule has 3 aromatic rings. The van der Waals surface area contributed by atoms with Crippen LogP contribution < -0.4 is 10.1 Å². The van der Waals surface area contributed by atoms with E-state index in [-0.39, 0.29) is 17.4 Å². The van der Waals surface area contributed by atoms with E-state index in [1.807, 2.05) is 43.3 Å². The molecular formula is C21H20BrNO4S. The predicted molar refractivity (Wildman–Crippen MR) is 112 cm³/mol. The molecule has 0 spiro atoms. The molecule has 1 amide bonds. The van der Waals surface area contributed by atoms with Gasteiger partial charge in [0.1, 0.15) is 11.5 Å². The summed E-state index contributed by atoms with van der Waals surface area (Å²) < 4.78 is 24.3. The number of hydrogen-bond acceptors (Lipinski definition) is 4. The minimum Gasteiger partial charge on any atom is -0.494 e. The Bertz CT molecular complexity index is 951. The van der Waals surface area contributed by atoms with Gasteiger partial charge in [-0.15, -0.1) is 0 Å². The molecule has 1 atom stereocenters. The number of ether oxygens (including phenoxy) is 1. The number of carbonyl (C=O) groups is 1. The summed E-state index contributed by atoms with van der Waals surface area (Å²) in [5.41, 5.74) is 0.958. The predicted octanol–water partition coefficient (Wildman–Crippen LogP) is 4.68. The van der Waals surface area contributed by atoms with Gasteiger partial charge in [-0.1, -0.05) is 28.1 Å². The van der Waals surface area contributed by atoms with E-state index in [9.17, 15) is 9.00 Å². The molecule has 28 heavy (non-hydrogen) atoms. The van der Waals surface area contributed by atoms with Crippen LogP contribution in [0, 0.1) is 0 Å². The lowest BCUT2D eigenvalue weighted by molar-refractivity contribution is 0.0921. The highest BCUT2D eigenvalue weighted by molar-refractivity contribution is 9.10. The van der Waals surface area contributed by atoms with Crippen molar-refractivity contribution in [3.63, 3.8) is 0 Å². The number of hydrogen-bond donors (Lipinski definition) is 1. The fraction of sp³-hybridized carbons (Fsp3) is 0.190. The molecule has 5 nitrogen and oxygen atoms in total. The van der Waals surface area contributed by atoms with Gasteiger partial charge in [-0.25, -0.2) is 0 Å². The average Bonchev–Trinajstić information content (AvgIpc) is 3.16. The summed E-state index contributed by atoms with van der Waals surface area (Å²) in [6.07, 6.45) is 0. The van der Waals surface area contributed by atoms with E-state index >= 15 is 0 Å². The Morgan fingerprint density at radius 3 is 2.46 bits per heavy atom. The lowest BCUT2D eigenvalue weighted by Crippen LogP contribution is -2.22. The second-order valence-electron chi connectivity index (χ2n) is 5.97. The first-order chi connectivity index (χ1) is 13.5. The standard InChI is InChI=1S/C21H20BrNO4S/c1-2-26-17-7-3-15(4-8-17)13-23-21(24)20-12-9-18(27-20)14-28(25)19-10-5-16(22)6-11-19/h3-12H,2,13-14H2,1H3,(H,23,24)/t28-/m1/s1. The molecule has 0 saturated heterocycles. The molecule has 3 rings (SSSR count). The van der Waals surface area contributed by atoms with E-state index < -0.39 is 10.8 Å². The van der Waals surface area contributed by atoms with Crippen molar-refractivity contribution in [2.75, 3.05) is 6.61 Å². The van der Waals surface area contributed by atoms with E-state index in [2.05, 4.69) is 21.2 Å². The van der Waals surface area contributed by atoms with Gasteiger partial charge in [0, 0.05) is 15.9 Å². The van der Waals surface area contributed by atoms with Crippen LogP contribution in [-0.2, 0) is 23.1 Å². The van der Waals surface area contributed by atoms with Gasteiger partial charge in [0.05, 0.1) is 23.2 Å². The van der Waals surface area contributed by atoms with Gasteiger partial charge in [-0.3, -0.25) is 9.00 Å². The van der Waals surface area contributed by atoms with Crippen molar-refractivity contribution in [2.45, 2.75) is 24.1 Å². The molecule has 0 aliphatic heterocycles. The highest BCUT2D eigenvalue weighted by atomic mass is 79.9. The van der Waals surface area contributed by atoms with Gasteiger partial charge < -0.3 is 14.5 Å². The topological polar surface area (TPSA) is 68.5 Å². The summed E-state index contributed by atoms with van der Waals surface area (Å²) in [7, 11) is -1.24. The van der Waals surface area contributed by atoms with Gasteiger partial charge in [-0.2, -0.15) is 0 Å². The molecule has 0 saturated carbocycles. The molecule has 1 aromatic heterocycles. The maximum Gasteiger partial charge on any atom is 0.287 e. The van der Waals surface area contributed by atoms with Gasteiger partial charge in [0.15, 0.2) is 5.76 Å². The molecule has 0 radical (unpaired) electrons. The van der Waals surface area contributed by atoms with Gasteiger partial charge >= 0.3 is 0 Å². The molecule has 0 aliphatic rings. The fourth-order valence-corrected chi connectivity index (χ4v) is 3.80. The van der Waals surface area contributed by atoms with Gasteiger partial charge in [0.25, 0.3) is 5.91 Å². The Morgan fingerprint density at radius 1 is 1.07 bits per heavy atom. The van der Waals surface area contributed by atoms with Crippen molar-refractivity contribution in [1.82, 2.24) is 5.32 Å². The quantitative estimate of drug-likeness (QED) is 0.528. The number of rotatable bonds is 8. The summed E-state index contributed by atoms with van der Waals surface area (Å²) in [6.45, 7) is 2.93. The van der Waals surface area contributed by atoms with Crippen molar-refractivity contribution in [2.24, 2.45) is 0 Å².